The molecule has 3 N–H and O–H groups in total. The molecule has 0 fully saturated rings. The first-order chi connectivity index (χ1) is 8.21. The molecule has 0 heterocycles. The van der Waals surface area contributed by atoms with Crippen LogP contribution in [0.2, 0.25) is 0 Å². The molecule has 0 saturated heterocycles. The zero-order valence-corrected chi connectivity index (χ0v) is 9.71. The van der Waals surface area contributed by atoms with E-state index in [2.05, 4.69) is 4.99 Å². The lowest BCUT2D eigenvalue weighted by molar-refractivity contribution is 0.0718. The van der Waals surface area contributed by atoms with E-state index < -0.39 is 25.4 Å². The van der Waals surface area contributed by atoms with E-state index in [-0.39, 0.29) is 0 Å². The van der Waals surface area contributed by atoms with Crippen molar-refractivity contribution in [2.24, 2.45) is 4.99 Å². The van der Waals surface area contributed by atoms with Gasteiger partial charge in [-0.1, -0.05) is 12.1 Å². The molecule has 0 unspecified atom stereocenters. The van der Waals surface area contributed by atoms with Crippen LogP contribution >= 0.6 is 0 Å². The van der Waals surface area contributed by atoms with Crippen molar-refractivity contribution in [1.29, 1.82) is 0 Å². The van der Waals surface area contributed by atoms with Gasteiger partial charge in [0.25, 0.3) is 0 Å². The van der Waals surface area contributed by atoms with Crippen molar-refractivity contribution in [3.05, 3.63) is 29.8 Å². The molecule has 0 aliphatic carbocycles. The fourth-order valence-electron chi connectivity index (χ4n) is 1.25. The predicted molar refractivity (Wildman–Crippen MR) is 64.6 cm³/mol. The van der Waals surface area contributed by atoms with Gasteiger partial charge in [-0.25, -0.2) is 0 Å². The Hall–Kier alpha value is -1.43. The third-order valence-electron chi connectivity index (χ3n) is 2.50. The Bertz CT molecular complexity index is 366. The van der Waals surface area contributed by atoms with Gasteiger partial charge in [0.1, 0.15) is 11.3 Å². The van der Waals surface area contributed by atoms with Crippen LogP contribution in [0, 0.1) is 0 Å². The summed E-state index contributed by atoms with van der Waals surface area (Å²) in [6.45, 7) is -1.27. The van der Waals surface area contributed by atoms with Crippen LogP contribution in [0.25, 0.3) is 0 Å². The van der Waals surface area contributed by atoms with Gasteiger partial charge in [-0.2, -0.15) is 0 Å². The molecule has 0 bridgehead atoms. The quantitative estimate of drug-likeness (QED) is 0.602. The first kappa shape index (κ1) is 13.6. The molecule has 0 radical (unpaired) electrons. The smallest absolute Gasteiger partial charge is 0.129 e. The highest BCUT2D eigenvalue weighted by Gasteiger charge is 2.26. The molecule has 0 atom stereocenters. The summed E-state index contributed by atoms with van der Waals surface area (Å²) < 4.78 is 5.13. The molecule has 0 aliphatic heterocycles. The maximum absolute atomic E-state index is 9.12. The van der Waals surface area contributed by atoms with Crippen molar-refractivity contribution in [3.8, 4) is 5.75 Å². The maximum atomic E-state index is 9.12. The van der Waals surface area contributed by atoms with Crippen LogP contribution in [0.1, 0.15) is 5.56 Å². The van der Waals surface area contributed by atoms with Gasteiger partial charge in [-0.05, 0) is 12.1 Å². The largest absolute Gasteiger partial charge is 0.496 e. The SMILES string of the molecule is COc1ccccc1C=NC(CO)(CO)CO. The van der Waals surface area contributed by atoms with Crippen LogP contribution in [-0.4, -0.2) is 54.0 Å². The fraction of sp³-hybridized carbons (Fsp3) is 0.417. The minimum Gasteiger partial charge on any atom is -0.496 e. The van der Waals surface area contributed by atoms with Gasteiger partial charge in [0.15, 0.2) is 0 Å². The van der Waals surface area contributed by atoms with Crippen molar-refractivity contribution < 1.29 is 20.1 Å². The lowest BCUT2D eigenvalue weighted by atomic mass is 10.0. The van der Waals surface area contributed by atoms with Crippen molar-refractivity contribution in [3.63, 3.8) is 0 Å². The molecular weight excluding hydrogens is 222 g/mol. The Morgan fingerprint density at radius 1 is 1.18 bits per heavy atom. The molecule has 0 aliphatic rings. The summed E-state index contributed by atoms with van der Waals surface area (Å²) in [6.07, 6.45) is 1.47. The summed E-state index contributed by atoms with van der Waals surface area (Å²) >= 11 is 0. The Morgan fingerprint density at radius 2 is 1.76 bits per heavy atom. The van der Waals surface area contributed by atoms with Gasteiger partial charge >= 0.3 is 0 Å². The molecule has 0 spiro atoms. The van der Waals surface area contributed by atoms with Crippen LogP contribution in [0.3, 0.4) is 0 Å². The zero-order valence-electron chi connectivity index (χ0n) is 9.71. The third kappa shape index (κ3) is 3.26. The number of para-hydroxylation sites is 1. The van der Waals surface area contributed by atoms with Crippen LogP contribution in [0.5, 0.6) is 5.75 Å². The molecule has 0 amide bonds. The van der Waals surface area contributed by atoms with E-state index in [0.717, 1.165) is 5.56 Å². The lowest BCUT2D eigenvalue weighted by Gasteiger charge is -2.22. The van der Waals surface area contributed by atoms with Crippen LogP contribution in [-0.2, 0) is 0 Å². The summed E-state index contributed by atoms with van der Waals surface area (Å²) in [7, 11) is 1.55. The number of benzene rings is 1. The van der Waals surface area contributed by atoms with E-state index >= 15 is 0 Å². The topological polar surface area (TPSA) is 82.3 Å². The number of hydrogen-bond donors (Lipinski definition) is 3. The monoisotopic (exact) mass is 239 g/mol. The average Bonchev–Trinajstić information content (AvgIpc) is 2.41. The van der Waals surface area contributed by atoms with Crippen molar-refractivity contribution in [1.82, 2.24) is 0 Å². The molecular formula is C12H17NO4. The van der Waals surface area contributed by atoms with Gasteiger partial charge in [-0.15, -0.1) is 0 Å². The lowest BCUT2D eigenvalue weighted by Crippen LogP contribution is -2.39. The Labute approximate surface area is 100 Å². The second-order valence-corrected chi connectivity index (χ2v) is 3.70. The molecule has 1 aromatic carbocycles. The number of hydrogen-bond acceptors (Lipinski definition) is 5. The first-order valence-corrected chi connectivity index (χ1v) is 5.22. The standard InChI is InChI=1S/C12H17NO4/c1-17-11-5-3-2-4-10(11)6-13-12(7-14,8-15)9-16/h2-6,14-16H,7-9H2,1H3. The van der Waals surface area contributed by atoms with Crippen molar-refractivity contribution in [2.75, 3.05) is 26.9 Å². The maximum Gasteiger partial charge on any atom is 0.129 e. The molecule has 1 rings (SSSR count). The fourth-order valence-corrected chi connectivity index (χ4v) is 1.25. The van der Waals surface area contributed by atoms with Gasteiger partial charge in [0, 0.05) is 11.8 Å². The summed E-state index contributed by atoms with van der Waals surface area (Å²) in [5.41, 5.74) is -0.532. The first-order valence-electron chi connectivity index (χ1n) is 5.22. The Kier molecular flexibility index (Phi) is 5.09. The van der Waals surface area contributed by atoms with E-state index in [9.17, 15) is 0 Å². The highest BCUT2D eigenvalue weighted by atomic mass is 16.5. The molecule has 5 heteroatoms. The minimum absolute atomic E-state index is 0.425. The summed E-state index contributed by atoms with van der Waals surface area (Å²) in [4.78, 5) is 4.03. The highest BCUT2D eigenvalue weighted by molar-refractivity contribution is 5.83. The van der Waals surface area contributed by atoms with Crippen LogP contribution < -0.4 is 4.74 Å². The number of aliphatic imine (C=N–C) groups is 1. The number of rotatable bonds is 6. The predicted octanol–water partition coefficient (Wildman–Crippen LogP) is -0.170. The van der Waals surface area contributed by atoms with Gasteiger partial charge in [0.2, 0.25) is 0 Å². The van der Waals surface area contributed by atoms with Gasteiger partial charge < -0.3 is 20.1 Å². The number of ether oxygens (including phenoxy) is 1. The van der Waals surface area contributed by atoms with E-state index in [1.165, 1.54) is 6.21 Å². The van der Waals surface area contributed by atoms with E-state index in [1.807, 2.05) is 12.1 Å². The van der Waals surface area contributed by atoms with E-state index in [1.54, 1.807) is 19.2 Å². The second kappa shape index (κ2) is 6.34. The summed E-state index contributed by atoms with van der Waals surface area (Å²) in [6, 6.07) is 7.22. The number of methoxy groups -OCH3 is 1. The third-order valence-corrected chi connectivity index (χ3v) is 2.50. The van der Waals surface area contributed by atoms with Gasteiger partial charge in [-0.3, -0.25) is 4.99 Å². The average molecular weight is 239 g/mol. The molecule has 17 heavy (non-hydrogen) atoms. The van der Waals surface area contributed by atoms with Gasteiger partial charge in [0.05, 0.1) is 26.9 Å². The van der Waals surface area contributed by atoms with E-state index in [0.29, 0.717) is 5.75 Å². The highest BCUT2D eigenvalue weighted by Crippen LogP contribution is 2.16. The van der Waals surface area contributed by atoms with Crippen molar-refractivity contribution >= 4 is 6.21 Å². The second-order valence-electron chi connectivity index (χ2n) is 3.70. The summed E-state index contributed by atoms with van der Waals surface area (Å²) in [5.74, 6) is 0.638. The molecule has 1 aromatic rings. The van der Waals surface area contributed by atoms with Crippen LogP contribution in [0.4, 0.5) is 0 Å². The molecule has 0 saturated carbocycles. The normalized spacial score (nSPS) is 12.0. The van der Waals surface area contributed by atoms with Crippen molar-refractivity contribution in [2.45, 2.75) is 5.54 Å². The Morgan fingerprint density at radius 3 is 2.29 bits per heavy atom. The zero-order chi connectivity index (χ0) is 12.7. The van der Waals surface area contributed by atoms with Crippen LogP contribution in [0.15, 0.2) is 29.3 Å². The summed E-state index contributed by atoms with van der Waals surface area (Å²) in [5, 5.41) is 27.3. The number of aliphatic hydroxyl groups excluding tert-OH is 3. The minimum atomic E-state index is -1.25. The molecule has 5 nitrogen and oxygen atoms in total. The Balaban J connectivity index is 2.95. The molecule has 94 valence electrons. The number of nitrogens with zero attached hydrogens (tertiary/aromatic N) is 1. The number of aliphatic hydroxyl groups is 3. The van der Waals surface area contributed by atoms with E-state index in [4.69, 9.17) is 20.1 Å². The molecule has 0 aromatic heterocycles.